The molecular formula is C15H27NO2. The van der Waals surface area contributed by atoms with Crippen LogP contribution in [0.5, 0.6) is 0 Å². The highest BCUT2D eigenvalue weighted by Gasteiger charge is 2.44. The molecule has 0 saturated heterocycles. The number of carboxylic acid groups (broad SMARTS) is 1. The van der Waals surface area contributed by atoms with Crippen molar-refractivity contribution >= 4 is 5.97 Å². The van der Waals surface area contributed by atoms with Gasteiger partial charge in [-0.3, -0.25) is 9.69 Å². The van der Waals surface area contributed by atoms with Crippen molar-refractivity contribution in [1.29, 1.82) is 0 Å². The van der Waals surface area contributed by atoms with E-state index in [0.717, 1.165) is 12.8 Å². The molecule has 0 atom stereocenters. The Bertz CT molecular complexity index is 315. The monoisotopic (exact) mass is 253 g/mol. The van der Waals surface area contributed by atoms with Crippen molar-refractivity contribution in [3.63, 3.8) is 0 Å². The van der Waals surface area contributed by atoms with E-state index in [1.807, 2.05) is 0 Å². The summed E-state index contributed by atoms with van der Waals surface area (Å²) < 4.78 is 0. The average Bonchev–Trinajstić information content (AvgIpc) is 2.91. The Balaban J connectivity index is 2.11. The molecule has 2 rings (SSSR count). The molecule has 2 aliphatic rings. The van der Waals surface area contributed by atoms with Crippen molar-refractivity contribution in [2.45, 2.75) is 71.9 Å². The number of hydrogen-bond donors (Lipinski definition) is 1. The van der Waals surface area contributed by atoms with Gasteiger partial charge in [0.05, 0.1) is 6.54 Å². The van der Waals surface area contributed by atoms with Gasteiger partial charge >= 0.3 is 5.97 Å². The minimum atomic E-state index is -0.678. The second-order valence-electron chi connectivity index (χ2n) is 7.86. The topological polar surface area (TPSA) is 40.5 Å². The Hall–Kier alpha value is -0.570. The Morgan fingerprint density at radius 3 is 2.00 bits per heavy atom. The lowest BCUT2D eigenvalue weighted by Gasteiger charge is -2.48. The van der Waals surface area contributed by atoms with Crippen LogP contribution in [0.3, 0.4) is 0 Å². The van der Waals surface area contributed by atoms with Crippen LogP contribution in [0.25, 0.3) is 0 Å². The molecular weight excluding hydrogens is 226 g/mol. The fourth-order valence-electron chi connectivity index (χ4n) is 4.14. The molecule has 0 aromatic rings. The van der Waals surface area contributed by atoms with E-state index in [1.165, 1.54) is 19.3 Å². The van der Waals surface area contributed by atoms with Crippen molar-refractivity contribution in [2.24, 2.45) is 10.8 Å². The predicted molar refractivity (Wildman–Crippen MR) is 72.6 cm³/mol. The fraction of sp³-hybridized carbons (Fsp3) is 0.933. The highest BCUT2D eigenvalue weighted by molar-refractivity contribution is 5.69. The first-order valence-electron chi connectivity index (χ1n) is 7.16. The Labute approximate surface area is 111 Å². The van der Waals surface area contributed by atoms with Gasteiger partial charge in [-0.05, 0) is 42.9 Å². The van der Waals surface area contributed by atoms with Gasteiger partial charge < -0.3 is 5.11 Å². The second-order valence-corrected chi connectivity index (χ2v) is 7.86. The van der Waals surface area contributed by atoms with E-state index in [1.54, 1.807) is 0 Å². The van der Waals surface area contributed by atoms with Crippen LogP contribution < -0.4 is 0 Å². The summed E-state index contributed by atoms with van der Waals surface area (Å²) in [6.07, 6.45) is 5.89. The predicted octanol–water partition coefficient (Wildman–Crippen LogP) is 3.14. The largest absolute Gasteiger partial charge is 0.480 e. The van der Waals surface area contributed by atoms with Crippen molar-refractivity contribution in [3.8, 4) is 0 Å². The normalized spacial score (nSPS) is 27.4. The number of hydrogen-bond acceptors (Lipinski definition) is 2. The summed E-state index contributed by atoms with van der Waals surface area (Å²) in [5.41, 5.74) is 0.663. The number of carboxylic acids is 1. The SMILES string of the molecule is CC1(C)CC(N(CC(=O)O)C2CC2)CC(C)(C)C1. The molecule has 0 aliphatic heterocycles. The second kappa shape index (κ2) is 4.52. The summed E-state index contributed by atoms with van der Waals surface area (Å²) in [6, 6.07) is 0.989. The van der Waals surface area contributed by atoms with Crippen LogP contribution in [0.4, 0.5) is 0 Å². The van der Waals surface area contributed by atoms with Gasteiger partial charge in [0, 0.05) is 12.1 Å². The summed E-state index contributed by atoms with van der Waals surface area (Å²) in [5.74, 6) is -0.678. The standard InChI is InChI=1S/C15H27NO2/c1-14(2)7-12(8-15(3,4)10-14)16(9-13(17)18)11-5-6-11/h11-12H,5-10H2,1-4H3,(H,17,18). The molecule has 0 radical (unpaired) electrons. The zero-order valence-electron chi connectivity index (χ0n) is 12.2. The molecule has 3 heteroatoms. The molecule has 0 amide bonds. The summed E-state index contributed by atoms with van der Waals surface area (Å²) in [4.78, 5) is 13.3. The maximum atomic E-state index is 11.1. The first-order valence-corrected chi connectivity index (χ1v) is 7.16. The number of rotatable bonds is 4. The summed E-state index contributed by atoms with van der Waals surface area (Å²) >= 11 is 0. The van der Waals surface area contributed by atoms with Crippen LogP contribution in [-0.2, 0) is 4.79 Å². The molecule has 0 heterocycles. The molecule has 0 spiro atoms. The van der Waals surface area contributed by atoms with Crippen LogP contribution in [0.15, 0.2) is 0 Å². The fourth-order valence-corrected chi connectivity index (χ4v) is 4.14. The third-order valence-corrected chi connectivity index (χ3v) is 4.34. The smallest absolute Gasteiger partial charge is 0.317 e. The van der Waals surface area contributed by atoms with Crippen molar-refractivity contribution in [2.75, 3.05) is 6.54 Å². The molecule has 0 aromatic heterocycles. The van der Waals surface area contributed by atoms with E-state index in [2.05, 4.69) is 32.6 Å². The Kier molecular flexibility index (Phi) is 3.48. The van der Waals surface area contributed by atoms with Crippen LogP contribution in [0.2, 0.25) is 0 Å². The first-order chi connectivity index (χ1) is 8.19. The van der Waals surface area contributed by atoms with Crippen molar-refractivity contribution in [1.82, 2.24) is 4.90 Å². The molecule has 2 aliphatic carbocycles. The van der Waals surface area contributed by atoms with Crippen LogP contribution >= 0.6 is 0 Å². The lowest BCUT2D eigenvalue weighted by molar-refractivity contribution is -0.140. The van der Waals surface area contributed by atoms with Gasteiger partial charge in [-0.2, -0.15) is 0 Å². The first kappa shape index (κ1) is 13.9. The van der Waals surface area contributed by atoms with E-state index in [9.17, 15) is 4.79 Å². The molecule has 2 fully saturated rings. The van der Waals surface area contributed by atoms with Gasteiger partial charge in [-0.15, -0.1) is 0 Å². The Morgan fingerprint density at radius 1 is 1.11 bits per heavy atom. The van der Waals surface area contributed by atoms with E-state index in [4.69, 9.17) is 5.11 Å². The van der Waals surface area contributed by atoms with E-state index < -0.39 is 5.97 Å². The Morgan fingerprint density at radius 2 is 1.61 bits per heavy atom. The summed E-state index contributed by atoms with van der Waals surface area (Å²) in [6.45, 7) is 9.53. The third-order valence-electron chi connectivity index (χ3n) is 4.34. The molecule has 104 valence electrons. The van der Waals surface area contributed by atoms with Crippen LogP contribution in [0.1, 0.15) is 59.8 Å². The van der Waals surface area contributed by atoms with Crippen LogP contribution in [-0.4, -0.2) is 34.6 Å². The molecule has 2 saturated carbocycles. The van der Waals surface area contributed by atoms with E-state index in [0.29, 0.717) is 22.9 Å². The maximum absolute atomic E-state index is 11.1. The summed E-state index contributed by atoms with van der Waals surface area (Å²) in [7, 11) is 0. The molecule has 18 heavy (non-hydrogen) atoms. The zero-order chi connectivity index (χ0) is 13.6. The summed E-state index contributed by atoms with van der Waals surface area (Å²) in [5, 5.41) is 9.11. The van der Waals surface area contributed by atoms with Gasteiger partial charge in [0.1, 0.15) is 0 Å². The minimum Gasteiger partial charge on any atom is -0.480 e. The van der Waals surface area contributed by atoms with Gasteiger partial charge in [-0.1, -0.05) is 27.7 Å². The van der Waals surface area contributed by atoms with E-state index >= 15 is 0 Å². The highest BCUT2D eigenvalue weighted by atomic mass is 16.4. The van der Waals surface area contributed by atoms with Crippen LogP contribution in [0, 0.1) is 10.8 Å². The molecule has 1 N–H and O–H groups in total. The third kappa shape index (κ3) is 3.47. The van der Waals surface area contributed by atoms with E-state index in [-0.39, 0.29) is 6.54 Å². The minimum absolute atomic E-state index is 0.224. The van der Waals surface area contributed by atoms with Gasteiger partial charge in [0.2, 0.25) is 0 Å². The average molecular weight is 253 g/mol. The molecule has 0 bridgehead atoms. The van der Waals surface area contributed by atoms with Gasteiger partial charge in [0.25, 0.3) is 0 Å². The van der Waals surface area contributed by atoms with Crippen molar-refractivity contribution in [3.05, 3.63) is 0 Å². The molecule has 3 nitrogen and oxygen atoms in total. The lowest BCUT2D eigenvalue weighted by Crippen LogP contribution is -2.48. The van der Waals surface area contributed by atoms with Gasteiger partial charge in [-0.25, -0.2) is 0 Å². The molecule has 0 unspecified atom stereocenters. The lowest BCUT2D eigenvalue weighted by atomic mass is 9.63. The number of aliphatic carboxylic acids is 1. The quantitative estimate of drug-likeness (QED) is 0.836. The number of carbonyl (C=O) groups is 1. The number of nitrogens with zero attached hydrogens (tertiary/aromatic N) is 1. The van der Waals surface area contributed by atoms with Gasteiger partial charge in [0.15, 0.2) is 0 Å². The van der Waals surface area contributed by atoms with Crippen molar-refractivity contribution < 1.29 is 9.90 Å². The maximum Gasteiger partial charge on any atom is 0.317 e. The highest BCUT2D eigenvalue weighted by Crippen LogP contribution is 2.48. The molecule has 0 aromatic carbocycles. The zero-order valence-corrected chi connectivity index (χ0v) is 12.2.